The van der Waals surface area contributed by atoms with E-state index in [0.717, 1.165) is 0 Å². The van der Waals surface area contributed by atoms with E-state index in [4.69, 9.17) is 4.74 Å². The fourth-order valence-corrected chi connectivity index (χ4v) is 4.25. The number of ether oxygens (including phenoxy) is 1. The summed E-state index contributed by atoms with van der Waals surface area (Å²) < 4.78 is 30.6. The average molecular weight is 244 g/mol. The van der Waals surface area contributed by atoms with Crippen LogP contribution in [0.2, 0.25) is 0 Å². The first-order valence-electron chi connectivity index (χ1n) is 4.50. The van der Waals surface area contributed by atoms with Crippen LogP contribution in [0.4, 0.5) is 5.69 Å². The average Bonchev–Trinajstić information content (AvgIpc) is 2.67. The molecule has 5 nitrogen and oxygen atoms in total. The normalized spacial score (nSPS) is 22.4. The zero-order chi connectivity index (χ0) is 10.5. The van der Waals surface area contributed by atoms with E-state index in [1.54, 1.807) is 10.8 Å². The van der Waals surface area contributed by atoms with Gasteiger partial charge in [0, 0.05) is 23.7 Å². The van der Waals surface area contributed by atoms with Crippen molar-refractivity contribution in [3.8, 4) is 0 Å². The Kier molecular flexibility index (Phi) is 1.81. The van der Waals surface area contributed by atoms with Gasteiger partial charge in [0.2, 0.25) is 0 Å². The molecule has 0 amide bonds. The molecule has 80 valence electrons. The molecule has 0 atom stereocenters. The highest BCUT2D eigenvalue weighted by Crippen LogP contribution is 2.36. The molecule has 0 unspecified atom stereocenters. The van der Waals surface area contributed by atoms with Gasteiger partial charge in [0.05, 0.1) is 12.3 Å². The maximum atomic E-state index is 12.1. The van der Waals surface area contributed by atoms with E-state index < -0.39 is 10.0 Å². The number of fused-ring (bicyclic) bond motifs is 2. The third kappa shape index (κ3) is 1.19. The molecule has 0 N–H and O–H groups in total. The predicted octanol–water partition coefficient (Wildman–Crippen LogP) is 1.16. The fourth-order valence-electron chi connectivity index (χ4n) is 1.63. The van der Waals surface area contributed by atoms with Crippen molar-refractivity contribution in [3.05, 3.63) is 10.8 Å². The van der Waals surface area contributed by atoms with E-state index in [-0.39, 0.29) is 6.02 Å². The minimum atomic E-state index is -3.41. The summed E-state index contributed by atoms with van der Waals surface area (Å²) in [6.07, 6.45) is 0.706. The minimum absolute atomic E-state index is 0.215. The van der Waals surface area contributed by atoms with Gasteiger partial charge < -0.3 is 4.74 Å². The van der Waals surface area contributed by atoms with Crippen LogP contribution in [0.5, 0.6) is 0 Å². The van der Waals surface area contributed by atoms with E-state index in [1.807, 2.05) is 0 Å². The quantitative estimate of drug-likeness (QED) is 0.688. The van der Waals surface area contributed by atoms with Gasteiger partial charge in [0.25, 0.3) is 10.0 Å². The second-order valence-corrected chi connectivity index (χ2v) is 5.87. The predicted molar refractivity (Wildman–Crippen MR) is 55.9 cm³/mol. The van der Waals surface area contributed by atoms with Crippen LogP contribution in [0, 0.1) is 0 Å². The maximum Gasteiger partial charge on any atom is 0.306 e. The van der Waals surface area contributed by atoms with Crippen LogP contribution in [-0.2, 0) is 14.8 Å². The third-order valence-electron chi connectivity index (χ3n) is 2.34. The molecule has 0 saturated carbocycles. The zero-order valence-electron chi connectivity index (χ0n) is 7.71. The van der Waals surface area contributed by atoms with Gasteiger partial charge in [-0.2, -0.15) is 4.99 Å². The van der Waals surface area contributed by atoms with Gasteiger partial charge in [-0.1, -0.05) is 0 Å². The summed E-state index contributed by atoms with van der Waals surface area (Å²) in [5, 5.41) is 3.33. The van der Waals surface area contributed by atoms with E-state index in [0.29, 0.717) is 30.2 Å². The second-order valence-electron chi connectivity index (χ2n) is 3.29. The van der Waals surface area contributed by atoms with Crippen molar-refractivity contribution in [2.75, 3.05) is 13.2 Å². The van der Waals surface area contributed by atoms with Gasteiger partial charge in [0.1, 0.15) is 4.90 Å². The topological polar surface area (TPSA) is 59.0 Å². The van der Waals surface area contributed by atoms with Crippen molar-refractivity contribution in [2.45, 2.75) is 11.3 Å². The number of sulfonamides is 1. The highest BCUT2D eigenvalue weighted by Gasteiger charge is 2.37. The van der Waals surface area contributed by atoms with Crippen LogP contribution in [0.25, 0.3) is 0 Å². The Bertz CT molecular complexity index is 532. The highest BCUT2D eigenvalue weighted by atomic mass is 32.2. The molecule has 0 spiro atoms. The van der Waals surface area contributed by atoms with E-state index in [9.17, 15) is 8.42 Å². The number of thiophene rings is 1. The molecular formula is C8H8N2O3S2. The smallest absolute Gasteiger partial charge is 0.306 e. The summed E-state index contributed by atoms with van der Waals surface area (Å²) in [4.78, 5) is 4.47. The van der Waals surface area contributed by atoms with Crippen molar-refractivity contribution < 1.29 is 13.2 Å². The summed E-state index contributed by atoms with van der Waals surface area (Å²) in [5.74, 6) is 0. The first-order valence-corrected chi connectivity index (χ1v) is 6.88. The van der Waals surface area contributed by atoms with Crippen molar-refractivity contribution in [1.82, 2.24) is 4.31 Å². The van der Waals surface area contributed by atoms with Crippen LogP contribution in [0.3, 0.4) is 0 Å². The molecule has 0 aliphatic carbocycles. The van der Waals surface area contributed by atoms with Crippen molar-refractivity contribution in [1.29, 1.82) is 0 Å². The molecule has 0 aromatic carbocycles. The SMILES string of the molecule is O=S1(=O)c2cscc2N=C2OCCCN21. The number of rotatable bonds is 0. The number of aliphatic imine (C=N–C) groups is 1. The molecule has 1 aromatic heterocycles. The summed E-state index contributed by atoms with van der Waals surface area (Å²) in [6, 6.07) is 0.215. The van der Waals surface area contributed by atoms with Gasteiger partial charge >= 0.3 is 6.02 Å². The zero-order valence-corrected chi connectivity index (χ0v) is 9.34. The molecule has 1 saturated heterocycles. The Labute approximate surface area is 91.0 Å². The molecule has 15 heavy (non-hydrogen) atoms. The van der Waals surface area contributed by atoms with Gasteiger partial charge in [0.15, 0.2) is 0 Å². The highest BCUT2D eigenvalue weighted by molar-refractivity contribution is 7.90. The second kappa shape index (κ2) is 2.96. The van der Waals surface area contributed by atoms with Gasteiger partial charge in [-0.3, -0.25) is 0 Å². The maximum absolute atomic E-state index is 12.1. The van der Waals surface area contributed by atoms with Crippen LogP contribution >= 0.6 is 11.3 Å². The van der Waals surface area contributed by atoms with Gasteiger partial charge in [-0.05, 0) is 0 Å². The van der Waals surface area contributed by atoms with Crippen molar-refractivity contribution >= 4 is 33.1 Å². The lowest BCUT2D eigenvalue weighted by atomic mass is 10.4. The first kappa shape index (κ1) is 9.17. The van der Waals surface area contributed by atoms with Gasteiger partial charge in [-0.15, -0.1) is 11.3 Å². The van der Waals surface area contributed by atoms with Crippen molar-refractivity contribution in [2.24, 2.45) is 4.99 Å². The third-order valence-corrected chi connectivity index (χ3v) is 5.02. The molecule has 3 heterocycles. The Hall–Kier alpha value is -1.08. The number of amidine groups is 1. The Morgan fingerprint density at radius 2 is 2.33 bits per heavy atom. The molecule has 3 rings (SSSR count). The first-order chi connectivity index (χ1) is 7.19. The standard InChI is InChI=1S/C8H8N2O3S2/c11-15(12)7-5-14-4-6(7)9-8-10(15)2-1-3-13-8/h4-5H,1-3H2. The summed E-state index contributed by atoms with van der Waals surface area (Å²) in [5.41, 5.74) is 0.494. The molecule has 0 radical (unpaired) electrons. The number of hydrogen-bond acceptors (Lipinski definition) is 5. The minimum Gasteiger partial charge on any atom is -0.464 e. The molecule has 1 aromatic rings. The van der Waals surface area contributed by atoms with Crippen LogP contribution in [0.15, 0.2) is 20.6 Å². The van der Waals surface area contributed by atoms with Gasteiger partial charge in [-0.25, -0.2) is 12.7 Å². The fraction of sp³-hybridized carbons (Fsp3) is 0.375. The molecule has 1 fully saturated rings. The van der Waals surface area contributed by atoms with Crippen molar-refractivity contribution in [3.63, 3.8) is 0 Å². The summed E-state index contributed by atoms with van der Waals surface area (Å²) >= 11 is 1.33. The number of hydrogen-bond donors (Lipinski definition) is 0. The molecule has 7 heteroatoms. The molecule has 2 aliphatic rings. The van der Waals surface area contributed by atoms with E-state index in [1.165, 1.54) is 15.6 Å². The van der Waals surface area contributed by atoms with E-state index in [2.05, 4.69) is 4.99 Å². The van der Waals surface area contributed by atoms with Crippen LogP contribution < -0.4 is 0 Å². The lowest BCUT2D eigenvalue weighted by Crippen LogP contribution is -2.44. The largest absolute Gasteiger partial charge is 0.464 e. The monoisotopic (exact) mass is 244 g/mol. The Balaban J connectivity index is 2.24. The summed E-state index contributed by atoms with van der Waals surface area (Å²) in [6.45, 7) is 0.987. The van der Waals surface area contributed by atoms with Crippen LogP contribution in [0.1, 0.15) is 6.42 Å². The lowest BCUT2D eigenvalue weighted by molar-refractivity contribution is 0.216. The Morgan fingerprint density at radius 3 is 3.20 bits per heavy atom. The van der Waals surface area contributed by atoms with E-state index >= 15 is 0 Å². The van der Waals surface area contributed by atoms with Crippen LogP contribution in [-0.4, -0.2) is 31.9 Å². The lowest BCUT2D eigenvalue weighted by Gasteiger charge is -2.31. The Morgan fingerprint density at radius 1 is 1.47 bits per heavy atom. The number of nitrogens with zero attached hydrogens (tertiary/aromatic N) is 2. The summed E-state index contributed by atoms with van der Waals surface area (Å²) in [7, 11) is -3.41. The molecule has 2 aliphatic heterocycles. The molecular weight excluding hydrogens is 236 g/mol. The molecule has 0 bridgehead atoms.